The van der Waals surface area contributed by atoms with Gasteiger partial charge in [-0.2, -0.15) is 0 Å². The molecule has 0 saturated carbocycles. The van der Waals surface area contributed by atoms with Crippen molar-refractivity contribution in [1.82, 2.24) is 10.0 Å². The van der Waals surface area contributed by atoms with E-state index >= 15 is 0 Å². The van der Waals surface area contributed by atoms with Crippen molar-refractivity contribution < 1.29 is 9.63 Å². The number of allylic oxidation sites excluding steroid dienone is 1. The molecule has 1 heterocycles. The summed E-state index contributed by atoms with van der Waals surface area (Å²) in [6.07, 6.45) is 4.82. The molecule has 3 aromatic rings. The number of fused-ring (bicyclic) bond motifs is 1. The van der Waals surface area contributed by atoms with Gasteiger partial charge in [-0.3, -0.25) is 9.40 Å². The van der Waals surface area contributed by atoms with E-state index in [-0.39, 0.29) is 6.03 Å². The number of carbonyl (C=O) groups is 1. The molecule has 4 nitrogen and oxygen atoms in total. The fourth-order valence-corrected chi connectivity index (χ4v) is 2.98. The molecule has 0 unspecified atom stereocenters. The van der Waals surface area contributed by atoms with Crippen LogP contribution in [0.1, 0.15) is 23.7 Å². The van der Waals surface area contributed by atoms with Crippen LogP contribution in [0.5, 0.6) is 0 Å². The van der Waals surface area contributed by atoms with Crippen LogP contribution in [0.4, 0.5) is 4.79 Å². The highest BCUT2D eigenvalue weighted by atomic mass is 16.7. The second-order valence-electron chi connectivity index (χ2n) is 5.78. The zero-order valence-corrected chi connectivity index (χ0v) is 14.5. The molecule has 1 amide bonds. The Kier molecular flexibility index (Phi) is 5.31. The van der Waals surface area contributed by atoms with Gasteiger partial charge in [-0.15, -0.1) is 0 Å². The first-order valence-corrected chi connectivity index (χ1v) is 8.45. The monoisotopic (exact) mass is 334 g/mol. The molecule has 0 atom stereocenters. The number of aromatic nitrogens is 1. The molecule has 0 aliphatic carbocycles. The summed E-state index contributed by atoms with van der Waals surface area (Å²) in [5.74, 6) is 0. The van der Waals surface area contributed by atoms with E-state index in [2.05, 4.69) is 36.7 Å². The predicted molar refractivity (Wildman–Crippen MR) is 101 cm³/mol. The first-order chi connectivity index (χ1) is 12.2. The van der Waals surface area contributed by atoms with Crippen molar-refractivity contribution in [3.63, 3.8) is 0 Å². The molecule has 1 aromatic heterocycles. The number of hydrogen-bond acceptors (Lipinski definition) is 2. The number of hydroxylamine groups is 1. The van der Waals surface area contributed by atoms with Crippen LogP contribution in [0, 0.1) is 6.92 Å². The van der Waals surface area contributed by atoms with E-state index in [9.17, 15) is 4.79 Å². The standard InChI is InChI=1S/C21H22N2O2/c1-3-25-22-21(24)23-19(15-9-12-17-10-5-4-6-11-17)16(2)18-13-7-8-14-20(18)23/h4-14H,3,15H2,1-2H3,(H,22,24)/b12-9+. The maximum absolute atomic E-state index is 12.6. The van der Waals surface area contributed by atoms with E-state index in [1.54, 1.807) is 4.57 Å². The van der Waals surface area contributed by atoms with E-state index in [0.29, 0.717) is 13.0 Å². The van der Waals surface area contributed by atoms with Crippen LogP contribution < -0.4 is 5.48 Å². The number of carbonyl (C=O) groups excluding carboxylic acids is 1. The van der Waals surface area contributed by atoms with Crippen LogP contribution in [0.25, 0.3) is 17.0 Å². The highest BCUT2D eigenvalue weighted by molar-refractivity contribution is 5.95. The fourth-order valence-electron chi connectivity index (χ4n) is 2.98. The molecular weight excluding hydrogens is 312 g/mol. The summed E-state index contributed by atoms with van der Waals surface area (Å²) in [5.41, 5.74) is 6.61. The van der Waals surface area contributed by atoms with Gasteiger partial charge in [-0.05, 0) is 31.0 Å². The molecular formula is C21H22N2O2. The van der Waals surface area contributed by atoms with Crippen LogP contribution in [0.2, 0.25) is 0 Å². The second-order valence-corrected chi connectivity index (χ2v) is 5.78. The molecule has 0 aliphatic heterocycles. The van der Waals surface area contributed by atoms with E-state index in [1.807, 2.05) is 49.4 Å². The quantitative estimate of drug-likeness (QED) is 0.686. The second kappa shape index (κ2) is 7.81. The Balaban J connectivity index is 1.96. The summed E-state index contributed by atoms with van der Waals surface area (Å²) in [5, 5.41) is 1.08. The minimum atomic E-state index is -0.269. The van der Waals surface area contributed by atoms with Gasteiger partial charge in [0, 0.05) is 17.5 Å². The lowest BCUT2D eigenvalue weighted by Crippen LogP contribution is -2.29. The van der Waals surface area contributed by atoms with Crippen LogP contribution in [0.15, 0.2) is 60.7 Å². The highest BCUT2D eigenvalue weighted by Gasteiger charge is 2.17. The maximum atomic E-state index is 12.6. The first-order valence-electron chi connectivity index (χ1n) is 8.45. The highest BCUT2D eigenvalue weighted by Crippen LogP contribution is 2.26. The summed E-state index contributed by atoms with van der Waals surface area (Å²) in [6.45, 7) is 4.31. The predicted octanol–water partition coefficient (Wildman–Crippen LogP) is 4.71. The normalized spacial score (nSPS) is 11.3. The summed E-state index contributed by atoms with van der Waals surface area (Å²) >= 11 is 0. The molecule has 0 saturated heterocycles. The Morgan fingerprint density at radius 3 is 2.60 bits per heavy atom. The van der Waals surface area contributed by atoms with Crippen molar-refractivity contribution in [3.05, 3.63) is 77.5 Å². The molecule has 2 aromatic carbocycles. The lowest BCUT2D eigenvalue weighted by Gasteiger charge is -2.10. The molecule has 4 heteroatoms. The Morgan fingerprint density at radius 2 is 1.84 bits per heavy atom. The SMILES string of the molecule is CCONC(=O)n1c(C/C=C/c2ccccc2)c(C)c2ccccc21. The van der Waals surface area contributed by atoms with Crippen molar-refractivity contribution in [1.29, 1.82) is 0 Å². The maximum Gasteiger partial charge on any atom is 0.350 e. The average Bonchev–Trinajstić information content (AvgIpc) is 2.93. The number of nitrogens with zero attached hydrogens (tertiary/aromatic N) is 1. The van der Waals surface area contributed by atoms with Gasteiger partial charge in [0.25, 0.3) is 0 Å². The van der Waals surface area contributed by atoms with Crippen molar-refractivity contribution in [2.24, 2.45) is 0 Å². The van der Waals surface area contributed by atoms with Crippen LogP contribution in [0.3, 0.4) is 0 Å². The van der Waals surface area contributed by atoms with E-state index in [0.717, 1.165) is 27.7 Å². The van der Waals surface area contributed by atoms with E-state index in [1.165, 1.54) is 0 Å². The molecule has 1 N–H and O–H groups in total. The smallest absolute Gasteiger partial charge is 0.272 e. The van der Waals surface area contributed by atoms with Crippen LogP contribution in [-0.2, 0) is 11.3 Å². The zero-order valence-electron chi connectivity index (χ0n) is 14.5. The van der Waals surface area contributed by atoms with Gasteiger partial charge in [0.15, 0.2) is 0 Å². The van der Waals surface area contributed by atoms with Crippen LogP contribution >= 0.6 is 0 Å². The Bertz CT molecular complexity index is 895. The molecule has 3 rings (SSSR count). The van der Waals surface area contributed by atoms with Crippen LogP contribution in [-0.4, -0.2) is 17.2 Å². The summed E-state index contributed by atoms with van der Waals surface area (Å²) in [6, 6.07) is 17.8. The molecule has 0 spiro atoms. The molecule has 0 radical (unpaired) electrons. The fraction of sp³-hybridized carbons (Fsp3) is 0.190. The number of amides is 1. The summed E-state index contributed by atoms with van der Waals surface area (Å²) in [7, 11) is 0. The van der Waals surface area contributed by atoms with Gasteiger partial charge in [0.05, 0.1) is 12.1 Å². The molecule has 0 aliphatic rings. The summed E-state index contributed by atoms with van der Waals surface area (Å²) < 4.78 is 1.70. The van der Waals surface area contributed by atoms with Crippen molar-refractivity contribution >= 4 is 23.0 Å². The third kappa shape index (κ3) is 3.64. The number of para-hydroxylation sites is 1. The zero-order chi connectivity index (χ0) is 17.6. The van der Waals surface area contributed by atoms with Gasteiger partial charge < -0.3 is 0 Å². The largest absolute Gasteiger partial charge is 0.350 e. The number of aryl methyl sites for hydroxylation is 1. The van der Waals surface area contributed by atoms with Gasteiger partial charge in [0.2, 0.25) is 0 Å². The molecule has 128 valence electrons. The number of rotatable bonds is 5. The lowest BCUT2D eigenvalue weighted by molar-refractivity contribution is 0.0714. The Morgan fingerprint density at radius 1 is 1.12 bits per heavy atom. The van der Waals surface area contributed by atoms with Gasteiger partial charge >= 0.3 is 6.03 Å². The average molecular weight is 334 g/mol. The number of benzene rings is 2. The minimum Gasteiger partial charge on any atom is -0.272 e. The Hall–Kier alpha value is -2.85. The molecule has 25 heavy (non-hydrogen) atoms. The van der Waals surface area contributed by atoms with Crippen molar-refractivity contribution in [3.8, 4) is 0 Å². The van der Waals surface area contributed by atoms with Gasteiger partial charge in [-0.1, -0.05) is 60.7 Å². The topological polar surface area (TPSA) is 43.3 Å². The number of nitrogens with one attached hydrogen (secondary N) is 1. The molecule has 0 bridgehead atoms. The number of hydrogen-bond donors (Lipinski definition) is 1. The minimum absolute atomic E-state index is 0.269. The van der Waals surface area contributed by atoms with E-state index < -0.39 is 0 Å². The van der Waals surface area contributed by atoms with Gasteiger partial charge in [-0.25, -0.2) is 10.3 Å². The third-order valence-electron chi connectivity index (χ3n) is 4.18. The van der Waals surface area contributed by atoms with Crippen molar-refractivity contribution in [2.75, 3.05) is 6.61 Å². The first kappa shape index (κ1) is 17.0. The van der Waals surface area contributed by atoms with E-state index in [4.69, 9.17) is 4.84 Å². The summed E-state index contributed by atoms with van der Waals surface area (Å²) in [4.78, 5) is 17.7. The van der Waals surface area contributed by atoms with Crippen molar-refractivity contribution in [2.45, 2.75) is 20.3 Å². The molecule has 0 fully saturated rings. The lowest BCUT2D eigenvalue weighted by atomic mass is 10.1. The third-order valence-corrected chi connectivity index (χ3v) is 4.18. The van der Waals surface area contributed by atoms with Gasteiger partial charge in [0.1, 0.15) is 0 Å². The Labute approximate surface area is 147 Å².